The Balaban J connectivity index is 1.63. The molecule has 0 saturated carbocycles. The van der Waals surface area contributed by atoms with Crippen LogP contribution in [-0.2, 0) is 11.2 Å². The first-order chi connectivity index (χ1) is 11.0. The van der Waals surface area contributed by atoms with E-state index in [0.717, 1.165) is 0 Å². The summed E-state index contributed by atoms with van der Waals surface area (Å²) in [6.07, 6.45) is 1.95. The van der Waals surface area contributed by atoms with Gasteiger partial charge < -0.3 is 9.88 Å². The van der Waals surface area contributed by atoms with Crippen molar-refractivity contribution in [1.29, 1.82) is 0 Å². The van der Waals surface area contributed by atoms with Gasteiger partial charge in [-0.05, 0) is 35.5 Å². The molecule has 23 heavy (non-hydrogen) atoms. The molecule has 0 unspecified atom stereocenters. The van der Waals surface area contributed by atoms with Crippen molar-refractivity contribution < 1.29 is 9.18 Å². The van der Waals surface area contributed by atoms with E-state index in [1.807, 2.05) is 0 Å². The van der Waals surface area contributed by atoms with Gasteiger partial charge in [-0.15, -0.1) is 5.10 Å². The van der Waals surface area contributed by atoms with Gasteiger partial charge in [0.15, 0.2) is 0 Å². The molecule has 2 heterocycles. The summed E-state index contributed by atoms with van der Waals surface area (Å²) in [6.45, 7) is 2.22. The van der Waals surface area contributed by atoms with E-state index in [4.69, 9.17) is 0 Å². The molecular formula is C14H16FN7O. The Hall–Kier alpha value is -2.84. The van der Waals surface area contributed by atoms with Crippen LogP contribution in [0.5, 0.6) is 0 Å². The standard InChI is InChI=1S/C14H16FN7O/c1-9(22-8-16-19-20-22)14(23)21(2)6-5-13-17-11-4-3-10(15)7-12(11)18-13/h3-4,7-9H,5-6H2,1-2H3,(H,17,18)/t9-/m0/s1. The average molecular weight is 317 g/mol. The molecule has 8 nitrogen and oxygen atoms in total. The van der Waals surface area contributed by atoms with Crippen molar-refractivity contribution in [2.24, 2.45) is 0 Å². The van der Waals surface area contributed by atoms with E-state index >= 15 is 0 Å². The van der Waals surface area contributed by atoms with E-state index in [2.05, 4.69) is 25.5 Å². The minimum atomic E-state index is -0.472. The van der Waals surface area contributed by atoms with Crippen molar-refractivity contribution in [2.75, 3.05) is 13.6 Å². The van der Waals surface area contributed by atoms with Gasteiger partial charge in [0.05, 0.1) is 11.0 Å². The second-order valence-corrected chi connectivity index (χ2v) is 5.32. The Labute approximate surface area is 131 Å². The van der Waals surface area contributed by atoms with Crippen molar-refractivity contribution in [2.45, 2.75) is 19.4 Å². The summed E-state index contributed by atoms with van der Waals surface area (Å²) in [6, 6.07) is 3.93. The smallest absolute Gasteiger partial charge is 0.247 e. The quantitative estimate of drug-likeness (QED) is 0.756. The first-order valence-corrected chi connectivity index (χ1v) is 7.16. The number of rotatable bonds is 5. The summed E-state index contributed by atoms with van der Waals surface area (Å²) in [4.78, 5) is 21.3. The van der Waals surface area contributed by atoms with Crippen molar-refractivity contribution in [3.63, 3.8) is 0 Å². The molecule has 3 aromatic rings. The number of carbonyl (C=O) groups excluding carboxylic acids is 1. The molecule has 0 saturated heterocycles. The maximum atomic E-state index is 13.2. The van der Waals surface area contributed by atoms with Gasteiger partial charge in [0.25, 0.3) is 0 Å². The molecule has 0 aliphatic rings. The van der Waals surface area contributed by atoms with Crippen LogP contribution >= 0.6 is 0 Å². The minimum absolute atomic E-state index is 0.0977. The Morgan fingerprint density at radius 1 is 1.48 bits per heavy atom. The molecule has 3 rings (SSSR count). The van der Waals surface area contributed by atoms with Crippen LogP contribution in [0.3, 0.4) is 0 Å². The number of carbonyl (C=O) groups is 1. The molecule has 1 N–H and O–H groups in total. The van der Waals surface area contributed by atoms with Crippen molar-refractivity contribution in [3.8, 4) is 0 Å². The lowest BCUT2D eigenvalue weighted by atomic mass is 10.3. The highest BCUT2D eigenvalue weighted by molar-refractivity contribution is 5.79. The van der Waals surface area contributed by atoms with Crippen LogP contribution in [0.25, 0.3) is 11.0 Å². The molecule has 120 valence electrons. The van der Waals surface area contributed by atoms with Crippen LogP contribution in [0.15, 0.2) is 24.5 Å². The van der Waals surface area contributed by atoms with Crippen molar-refractivity contribution in [1.82, 2.24) is 35.1 Å². The highest BCUT2D eigenvalue weighted by Crippen LogP contribution is 2.13. The topological polar surface area (TPSA) is 92.6 Å². The second kappa shape index (κ2) is 6.11. The fourth-order valence-corrected chi connectivity index (χ4v) is 2.31. The molecule has 9 heteroatoms. The summed E-state index contributed by atoms with van der Waals surface area (Å²) in [7, 11) is 1.71. The predicted octanol–water partition coefficient (Wildman–Crippen LogP) is 0.951. The lowest BCUT2D eigenvalue weighted by Gasteiger charge is -2.20. The van der Waals surface area contributed by atoms with Crippen molar-refractivity contribution in [3.05, 3.63) is 36.2 Å². The Morgan fingerprint density at radius 2 is 2.30 bits per heavy atom. The van der Waals surface area contributed by atoms with Crippen LogP contribution in [0.2, 0.25) is 0 Å². The first-order valence-electron chi connectivity index (χ1n) is 7.16. The van der Waals surface area contributed by atoms with Crippen LogP contribution in [0.4, 0.5) is 4.39 Å². The second-order valence-electron chi connectivity index (χ2n) is 5.32. The molecule has 0 spiro atoms. The lowest BCUT2D eigenvalue weighted by molar-refractivity contribution is -0.133. The number of H-pyrrole nitrogens is 1. The van der Waals surface area contributed by atoms with Crippen molar-refractivity contribution >= 4 is 16.9 Å². The molecule has 1 amide bonds. The van der Waals surface area contributed by atoms with E-state index < -0.39 is 6.04 Å². The number of likely N-dealkylation sites (N-methyl/N-ethyl adjacent to an activating group) is 1. The zero-order chi connectivity index (χ0) is 16.4. The molecule has 0 aliphatic heterocycles. The number of nitrogens with zero attached hydrogens (tertiary/aromatic N) is 6. The van der Waals surface area contributed by atoms with Crippen LogP contribution < -0.4 is 0 Å². The third kappa shape index (κ3) is 3.17. The number of aromatic amines is 1. The zero-order valence-electron chi connectivity index (χ0n) is 12.8. The van der Waals surface area contributed by atoms with Gasteiger partial charge in [-0.1, -0.05) is 0 Å². The molecular weight excluding hydrogens is 301 g/mol. The number of nitrogens with one attached hydrogen (secondary N) is 1. The van der Waals surface area contributed by atoms with Gasteiger partial charge >= 0.3 is 0 Å². The van der Waals surface area contributed by atoms with Gasteiger partial charge in [-0.3, -0.25) is 4.79 Å². The van der Waals surface area contributed by atoms with E-state index in [1.165, 1.54) is 23.1 Å². The fraction of sp³-hybridized carbons (Fsp3) is 0.357. The molecule has 2 aromatic heterocycles. The highest BCUT2D eigenvalue weighted by atomic mass is 19.1. The number of benzene rings is 1. The van der Waals surface area contributed by atoms with Gasteiger partial charge in [0.1, 0.15) is 24.0 Å². The molecule has 0 radical (unpaired) electrons. The third-order valence-electron chi connectivity index (χ3n) is 3.67. The van der Waals surface area contributed by atoms with Gasteiger partial charge in [-0.25, -0.2) is 14.1 Å². The third-order valence-corrected chi connectivity index (χ3v) is 3.67. The zero-order valence-corrected chi connectivity index (χ0v) is 12.8. The number of fused-ring (bicyclic) bond motifs is 1. The van der Waals surface area contributed by atoms with Gasteiger partial charge in [0.2, 0.25) is 5.91 Å². The highest BCUT2D eigenvalue weighted by Gasteiger charge is 2.20. The number of aromatic nitrogens is 6. The summed E-state index contributed by atoms with van der Waals surface area (Å²) in [5, 5.41) is 10.8. The lowest BCUT2D eigenvalue weighted by Crippen LogP contribution is -2.35. The maximum Gasteiger partial charge on any atom is 0.247 e. The molecule has 1 atom stereocenters. The molecule has 0 bridgehead atoms. The Kier molecular flexibility index (Phi) is 4.00. The number of hydrogen-bond donors (Lipinski definition) is 1. The van der Waals surface area contributed by atoms with Crippen LogP contribution in [0.1, 0.15) is 18.8 Å². The number of hydrogen-bond acceptors (Lipinski definition) is 5. The van der Waals surface area contributed by atoms with E-state index in [9.17, 15) is 9.18 Å². The normalized spacial score (nSPS) is 12.5. The van der Waals surface area contributed by atoms with Crippen LogP contribution in [0, 0.1) is 5.82 Å². The number of amides is 1. The Bertz CT molecular complexity index is 814. The van der Waals surface area contributed by atoms with Crippen LogP contribution in [-0.4, -0.2) is 54.6 Å². The SMILES string of the molecule is C[C@@H](C(=O)N(C)CCc1nc2ccc(F)cc2[nH]1)n1cnnn1. The largest absolute Gasteiger partial charge is 0.343 e. The Morgan fingerprint density at radius 3 is 3.04 bits per heavy atom. The molecule has 1 aromatic carbocycles. The van der Waals surface area contributed by atoms with E-state index in [1.54, 1.807) is 24.9 Å². The fourth-order valence-electron chi connectivity index (χ4n) is 2.31. The number of tetrazole rings is 1. The summed E-state index contributed by atoms with van der Waals surface area (Å²) in [5.41, 5.74) is 1.36. The predicted molar refractivity (Wildman–Crippen MR) is 79.9 cm³/mol. The van der Waals surface area contributed by atoms with Gasteiger partial charge in [-0.2, -0.15) is 0 Å². The molecule has 0 aliphatic carbocycles. The number of imidazole rings is 1. The first kappa shape index (κ1) is 15.1. The van der Waals surface area contributed by atoms with E-state index in [-0.39, 0.29) is 11.7 Å². The minimum Gasteiger partial charge on any atom is -0.343 e. The summed E-state index contributed by atoms with van der Waals surface area (Å²) < 4.78 is 14.6. The monoisotopic (exact) mass is 317 g/mol. The van der Waals surface area contributed by atoms with Gasteiger partial charge in [0, 0.05) is 20.0 Å². The summed E-state index contributed by atoms with van der Waals surface area (Å²) in [5.74, 6) is 0.301. The maximum absolute atomic E-state index is 13.2. The average Bonchev–Trinajstić information content (AvgIpc) is 3.19. The molecule has 0 fully saturated rings. The summed E-state index contributed by atoms with van der Waals surface area (Å²) >= 11 is 0. The van der Waals surface area contributed by atoms with E-state index in [0.29, 0.717) is 29.8 Å². The number of halogens is 1.